The summed E-state index contributed by atoms with van der Waals surface area (Å²) in [5, 5.41) is 15.2. The van der Waals surface area contributed by atoms with Gasteiger partial charge in [0.1, 0.15) is 0 Å². The van der Waals surface area contributed by atoms with Crippen LogP contribution in [0.15, 0.2) is 12.2 Å². The Balaban J connectivity index is 0. The molecule has 0 rings (SSSR count). The molecule has 0 unspecified atom stereocenters. The van der Waals surface area contributed by atoms with Gasteiger partial charge >= 0.3 is 0 Å². The summed E-state index contributed by atoms with van der Waals surface area (Å²) in [6.07, 6.45) is 13.2. The molecule has 0 aliphatic heterocycles. The van der Waals surface area contributed by atoms with Gasteiger partial charge in [-0.1, -0.05) is 51.5 Å². The van der Waals surface area contributed by atoms with Crippen molar-refractivity contribution in [1.82, 2.24) is 0 Å². The van der Waals surface area contributed by atoms with Gasteiger partial charge in [0.2, 0.25) is 0 Å². The summed E-state index contributed by atoms with van der Waals surface area (Å²) < 4.78 is 0. The molecule has 108 valence electrons. The molecule has 0 bridgehead atoms. The van der Waals surface area contributed by atoms with Gasteiger partial charge in [-0.2, -0.15) is 0 Å². The third-order valence-corrected chi connectivity index (χ3v) is 2.48. The third-order valence-electron chi connectivity index (χ3n) is 2.48. The first-order chi connectivity index (χ1) is 8.72. The Kier molecular flexibility index (Phi) is 20.4. The van der Waals surface area contributed by atoms with E-state index in [0.717, 1.165) is 12.8 Å². The number of unbranched alkanes of at least 4 members (excludes halogenated alkanes) is 6. The molecule has 0 radical (unpaired) electrons. The summed E-state index contributed by atoms with van der Waals surface area (Å²) in [4.78, 5) is 11.1. The fraction of sp³-hybridized carbons (Fsp3) is 0.800. The Bertz CT molecular complexity index is 186. The van der Waals surface area contributed by atoms with Crippen molar-refractivity contribution in [1.29, 1.82) is 0 Å². The van der Waals surface area contributed by atoms with Crippen LogP contribution in [0.25, 0.3) is 0 Å². The fourth-order valence-corrected chi connectivity index (χ4v) is 1.53. The summed E-state index contributed by atoms with van der Waals surface area (Å²) in [7, 11) is 0. The molecule has 0 aromatic heterocycles. The lowest BCUT2D eigenvalue weighted by molar-refractivity contribution is -0.114. The van der Waals surface area contributed by atoms with Gasteiger partial charge in [0.25, 0.3) is 0 Å². The van der Waals surface area contributed by atoms with E-state index in [1.54, 1.807) is 6.08 Å². The average Bonchev–Trinajstić information content (AvgIpc) is 2.38. The second-order valence-corrected chi connectivity index (χ2v) is 4.28. The monoisotopic (exact) mass is 258 g/mol. The number of hydrogen-bond donors (Lipinski definition) is 2. The molecule has 18 heavy (non-hydrogen) atoms. The lowest BCUT2D eigenvalue weighted by atomic mass is 10.1. The predicted molar refractivity (Wildman–Crippen MR) is 76.6 cm³/mol. The third kappa shape index (κ3) is 20.7. The highest BCUT2D eigenvalue weighted by Gasteiger charge is 1.95. The highest BCUT2D eigenvalue weighted by atomic mass is 16.3. The van der Waals surface area contributed by atoms with Gasteiger partial charge in [-0.3, -0.25) is 4.79 Å². The van der Waals surface area contributed by atoms with Crippen molar-refractivity contribution in [3.05, 3.63) is 12.2 Å². The molecule has 0 saturated heterocycles. The van der Waals surface area contributed by atoms with Crippen LogP contribution in [0.2, 0.25) is 0 Å². The standard InChI is InChI=1S/C13H24O.C2H6O2/c1-3-5-6-7-8-9-10-12-13(14)11-4-2;3-1-2-4/h4,11H,3,5-10,12H2,1-2H3;3-4H,1-2H2/b11-4+;. The van der Waals surface area contributed by atoms with Crippen LogP contribution in [0.1, 0.15) is 65.2 Å². The van der Waals surface area contributed by atoms with E-state index in [1.807, 2.05) is 13.0 Å². The van der Waals surface area contributed by atoms with Crippen LogP contribution in [0.4, 0.5) is 0 Å². The summed E-state index contributed by atoms with van der Waals surface area (Å²) in [5.74, 6) is 0.279. The van der Waals surface area contributed by atoms with Gasteiger partial charge < -0.3 is 10.2 Å². The van der Waals surface area contributed by atoms with Crippen LogP contribution in [0.5, 0.6) is 0 Å². The van der Waals surface area contributed by atoms with Gasteiger partial charge in [-0.25, -0.2) is 0 Å². The van der Waals surface area contributed by atoms with Crippen molar-refractivity contribution in [3.63, 3.8) is 0 Å². The molecule has 0 aliphatic rings. The van der Waals surface area contributed by atoms with Crippen LogP contribution in [-0.2, 0) is 4.79 Å². The van der Waals surface area contributed by atoms with Crippen LogP contribution in [0.3, 0.4) is 0 Å². The van der Waals surface area contributed by atoms with E-state index in [9.17, 15) is 4.79 Å². The van der Waals surface area contributed by atoms with Gasteiger partial charge in [0, 0.05) is 6.42 Å². The Morgan fingerprint density at radius 1 is 0.944 bits per heavy atom. The summed E-state index contributed by atoms with van der Waals surface area (Å²) in [5.41, 5.74) is 0. The number of carbonyl (C=O) groups excluding carboxylic acids is 1. The van der Waals surface area contributed by atoms with Crippen molar-refractivity contribution in [2.75, 3.05) is 13.2 Å². The van der Waals surface area contributed by atoms with Gasteiger partial charge in [0.15, 0.2) is 5.78 Å². The smallest absolute Gasteiger partial charge is 0.155 e. The number of aliphatic hydroxyl groups is 2. The second-order valence-electron chi connectivity index (χ2n) is 4.28. The topological polar surface area (TPSA) is 57.5 Å². The number of aliphatic hydroxyl groups excluding tert-OH is 2. The molecular weight excluding hydrogens is 228 g/mol. The normalized spacial score (nSPS) is 10.2. The maximum atomic E-state index is 11.1. The molecule has 3 heteroatoms. The van der Waals surface area contributed by atoms with Crippen LogP contribution < -0.4 is 0 Å². The first-order valence-electron chi connectivity index (χ1n) is 7.10. The number of allylic oxidation sites excluding steroid dienone is 2. The predicted octanol–water partition coefficient (Wildman–Crippen LogP) is 3.24. The van der Waals surface area contributed by atoms with E-state index >= 15 is 0 Å². The average molecular weight is 258 g/mol. The minimum Gasteiger partial charge on any atom is -0.394 e. The van der Waals surface area contributed by atoms with E-state index in [1.165, 1.54) is 38.5 Å². The lowest BCUT2D eigenvalue weighted by Gasteiger charge is -1.99. The van der Waals surface area contributed by atoms with Crippen LogP contribution in [-0.4, -0.2) is 29.2 Å². The lowest BCUT2D eigenvalue weighted by Crippen LogP contribution is -1.91. The van der Waals surface area contributed by atoms with Crippen molar-refractivity contribution >= 4 is 5.78 Å². The van der Waals surface area contributed by atoms with E-state index in [2.05, 4.69) is 6.92 Å². The first kappa shape index (κ1) is 19.7. The van der Waals surface area contributed by atoms with Gasteiger partial charge in [-0.15, -0.1) is 0 Å². The Hall–Kier alpha value is -0.670. The molecule has 0 amide bonds. The minimum atomic E-state index is -0.125. The zero-order valence-corrected chi connectivity index (χ0v) is 12.0. The molecule has 0 spiro atoms. The van der Waals surface area contributed by atoms with Crippen LogP contribution in [0, 0.1) is 0 Å². The Labute approximate surface area is 112 Å². The second kappa shape index (κ2) is 18.7. The molecule has 0 aromatic carbocycles. The van der Waals surface area contributed by atoms with Crippen molar-refractivity contribution in [2.24, 2.45) is 0 Å². The molecule has 0 fully saturated rings. The molecule has 0 aromatic rings. The zero-order valence-electron chi connectivity index (χ0n) is 12.0. The van der Waals surface area contributed by atoms with Crippen molar-refractivity contribution in [3.8, 4) is 0 Å². The van der Waals surface area contributed by atoms with Crippen molar-refractivity contribution in [2.45, 2.75) is 65.2 Å². The summed E-state index contributed by atoms with van der Waals surface area (Å²) in [6, 6.07) is 0. The van der Waals surface area contributed by atoms with Gasteiger partial charge in [-0.05, 0) is 19.4 Å². The maximum absolute atomic E-state index is 11.1. The van der Waals surface area contributed by atoms with Gasteiger partial charge in [0.05, 0.1) is 13.2 Å². The first-order valence-corrected chi connectivity index (χ1v) is 7.10. The quantitative estimate of drug-likeness (QED) is 0.467. The summed E-state index contributed by atoms with van der Waals surface area (Å²) in [6.45, 7) is 3.87. The number of hydrogen-bond acceptors (Lipinski definition) is 3. The Morgan fingerprint density at radius 2 is 1.44 bits per heavy atom. The molecule has 0 atom stereocenters. The van der Waals surface area contributed by atoms with E-state index in [4.69, 9.17) is 10.2 Å². The molecule has 3 nitrogen and oxygen atoms in total. The van der Waals surface area contributed by atoms with E-state index in [0.29, 0.717) is 0 Å². The number of carbonyl (C=O) groups is 1. The van der Waals surface area contributed by atoms with E-state index < -0.39 is 0 Å². The number of rotatable bonds is 10. The fourth-order valence-electron chi connectivity index (χ4n) is 1.53. The zero-order chi connectivity index (χ0) is 14.1. The molecular formula is C15H30O3. The molecule has 0 aliphatic carbocycles. The molecule has 0 heterocycles. The summed E-state index contributed by atoms with van der Waals surface area (Å²) >= 11 is 0. The highest BCUT2D eigenvalue weighted by Crippen LogP contribution is 2.08. The Morgan fingerprint density at radius 3 is 1.89 bits per heavy atom. The largest absolute Gasteiger partial charge is 0.394 e. The molecule has 0 saturated carbocycles. The number of ketones is 1. The molecule has 2 N–H and O–H groups in total. The maximum Gasteiger partial charge on any atom is 0.155 e. The minimum absolute atomic E-state index is 0.125. The van der Waals surface area contributed by atoms with Crippen molar-refractivity contribution < 1.29 is 15.0 Å². The SMILES string of the molecule is C/C=C/C(=O)CCCCCCCCC.OCCO. The highest BCUT2D eigenvalue weighted by molar-refractivity contribution is 5.89. The van der Waals surface area contributed by atoms with Crippen LogP contribution >= 0.6 is 0 Å². The van der Waals surface area contributed by atoms with E-state index in [-0.39, 0.29) is 19.0 Å².